The lowest BCUT2D eigenvalue weighted by Crippen LogP contribution is -1.75. The van der Waals surface area contributed by atoms with E-state index >= 15 is 0 Å². The fraction of sp³-hybridized carbons (Fsp3) is 0. The molecule has 0 aromatic carbocycles. The maximum absolute atomic E-state index is 8.23. The van der Waals surface area contributed by atoms with Gasteiger partial charge in [-0.05, 0) is 12.1 Å². The van der Waals surface area contributed by atoms with Gasteiger partial charge in [-0.1, -0.05) is 6.07 Å². The van der Waals surface area contributed by atoms with Gasteiger partial charge in [0.25, 0.3) is 0 Å². The van der Waals surface area contributed by atoms with E-state index < -0.39 is 7.69 Å². The summed E-state index contributed by atoms with van der Waals surface area (Å²) in [5.41, 5.74) is 0.465. The predicted molar refractivity (Wildman–Crippen MR) is 40.5 cm³/mol. The fourth-order valence-electron chi connectivity index (χ4n) is 0.429. The maximum Gasteiger partial charge on any atom is 0.432 e. The summed E-state index contributed by atoms with van der Waals surface area (Å²) in [6, 6.07) is 7.14. The van der Waals surface area contributed by atoms with Crippen LogP contribution in [0.2, 0.25) is 0 Å². The Morgan fingerprint density at radius 3 is 2.36 bits per heavy atom. The molecule has 11 heavy (non-hydrogen) atoms. The molecule has 56 valence electrons. The van der Waals surface area contributed by atoms with Crippen molar-refractivity contribution in [1.29, 1.82) is 5.26 Å². The van der Waals surface area contributed by atoms with Crippen LogP contribution in [0, 0.1) is 11.3 Å². The molecule has 0 atom stereocenters. The van der Waals surface area contributed by atoms with Crippen LogP contribution in [0.4, 0.5) is 0 Å². The molecule has 1 rings (SSSR count). The molecule has 1 aromatic heterocycles. The van der Waals surface area contributed by atoms with Gasteiger partial charge in [0.15, 0.2) is 0 Å². The van der Waals surface area contributed by atoms with E-state index in [1.54, 1.807) is 24.4 Å². The minimum Gasteiger partial charge on any atom is -0.430 e. The van der Waals surface area contributed by atoms with Gasteiger partial charge >= 0.3 is 7.69 Å². The van der Waals surface area contributed by atoms with E-state index in [2.05, 4.69) is 4.98 Å². The van der Waals surface area contributed by atoms with Gasteiger partial charge in [-0.3, -0.25) is 0 Å². The Bertz CT molecular complexity index is 222. The van der Waals surface area contributed by atoms with Crippen molar-refractivity contribution in [1.82, 2.24) is 4.98 Å². The third kappa shape index (κ3) is 5.09. The zero-order valence-electron chi connectivity index (χ0n) is 5.81. The highest BCUT2D eigenvalue weighted by Crippen LogP contribution is 1.86. The monoisotopic (exact) mass is 150 g/mol. The molecule has 2 N–H and O–H groups in total. The first-order valence-corrected chi connectivity index (χ1v) is 2.88. The Morgan fingerprint density at radius 1 is 1.45 bits per heavy atom. The number of aromatic nitrogens is 1. The Balaban J connectivity index is 0.000000292. The van der Waals surface area contributed by atoms with Gasteiger partial charge in [-0.25, -0.2) is 4.98 Å². The minimum absolute atomic E-state index is 0.465. The molecular weight excluding hydrogens is 143 g/mol. The van der Waals surface area contributed by atoms with E-state index in [0.29, 0.717) is 5.69 Å². The second-order valence-electron chi connectivity index (χ2n) is 1.47. The summed E-state index contributed by atoms with van der Waals surface area (Å²) in [6.45, 7) is 0. The molecule has 0 bridgehead atoms. The summed E-state index contributed by atoms with van der Waals surface area (Å²) < 4.78 is 0. The number of nitriles is 1. The highest BCUT2D eigenvalue weighted by Gasteiger charge is 1.81. The van der Waals surface area contributed by atoms with E-state index in [-0.39, 0.29) is 0 Å². The Hall–Kier alpha value is -1.38. The van der Waals surface area contributed by atoms with Gasteiger partial charge in [0, 0.05) is 6.20 Å². The van der Waals surface area contributed by atoms with Crippen LogP contribution >= 0.6 is 0 Å². The molecule has 5 heteroatoms. The van der Waals surface area contributed by atoms with Crippen LogP contribution in [0.25, 0.3) is 0 Å². The van der Waals surface area contributed by atoms with Crippen molar-refractivity contribution < 1.29 is 10.0 Å². The van der Waals surface area contributed by atoms with Gasteiger partial charge in [-0.15, -0.1) is 0 Å². The molecule has 0 aliphatic heterocycles. The van der Waals surface area contributed by atoms with E-state index in [1.807, 2.05) is 6.07 Å². The molecule has 0 saturated heterocycles. The van der Waals surface area contributed by atoms with E-state index in [9.17, 15) is 0 Å². The van der Waals surface area contributed by atoms with Gasteiger partial charge in [0.2, 0.25) is 0 Å². The molecular formula is C6H7BN2O2. The average Bonchev–Trinajstić information content (AvgIpc) is 2.08. The lowest BCUT2D eigenvalue weighted by Gasteiger charge is -1.79. The summed E-state index contributed by atoms with van der Waals surface area (Å²) in [4.78, 5) is 3.74. The second-order valence-corrected chi connectivity index (χ2v) is 1.47. The molecule has 0 unspecified atom stereocenters. The number of rotatable bonds is 0. The molecule has 0 amide bonds. The first-order chi connectivity index (χ1) is 5.35. The largest absolute Gasteiger partial charge is 0.432 e. The number of hydrogen-bond donors (Lipinski definition) is 2. The van der Waals surface area contributed by atoms with Crippen LogP contribution < -0.4 is 0 Å². The molecule has 4 nitrogen and oxygen atoms in total. The maximum atomic E-state index is 8.23. The van der Waals surface area contributed by atoms with E-state index in [0.717, 1.165) is 0 Å². The lowest BCUT2D eigenvalue weighted by molar-refractivity contribution is 0.448. The Labute approximate surface area is 65.1 Å². The van der Waals surface area contributed by atoms with Crippen molar-refractivity contribution in [3.05, 3.63) is 30.1 Å². The first-order valence-electron chi connectivity index (χ1n) is 2.88. The normalized spacial score (nSPS) is 7.00. The lowest BCUT2D eigenvalue weighted by atomic mass is 10.4. The number of pyridine rings is 1. The van der Waals surface area contributed by atoms with E-state index in [4.69, 9.17) is 15.3 Å². The highest BCUT2D eigenvalue weighted by molar-refractivity contribution is 6.13. The fourth-order valence-corrected chi connectivity index (χ4v) is 0.429. The quantitative estimate of drug-likeness (QED) is 0.474. The molecule has 1 aromatic rings. The molecule has 0 radical (unpaired) electrons. The third-order valence-corrected chi connectivity index (χ3v) is 0.779. The van der Waals surface area contributed by atoms with E-state index in [1.165, 1.54) is 0 Å². The van der Waals surface area contributed by atoms with Crippen molar-refractivity contribution in [3.63, 3.8) is 0 Å². The van der Waals surface area contributed by atoms with Crippen molar-refractivity contribution >= 4 is 7.69 Å². The topological polar surface area (TPSA) is 77.1 Å². The van der Waals surface area contributed by atoms with Crippen molar-refractivity contribution in [2.24, 2.45) is 0 Å². The molecule has 0 saturated carbocycles. The predicted octanol–water partition coefficient (Wildman–Crippen LogP) is -0.809. The minimum atomic E-state index is -0.750. The van der Waals surface area contributed by atoms with Crippen LogP contribution in [0.5, 0.6) is 0 Å². The summed E-state index contributed by atoms with van der Waals surface area (Å²) in [6.07, 6.45) is 1.60. The second kappa shape index (κ2) is 6.74. The third-order valence-electron chi connectivity index (χ3n) is 0.779. The molecule has 0 spiro atoms. The number of nitrogens with zero attached hydrogens (tertiary/aromatic N) is 2. The summed E-state index contributed by atoms with van der Waals surface area (Å²) in [5, 5.41) is 22.5. The van der Waals surface area contributed by atoms with Crippen LogP contribution in [-0.2, 0) is 0 Å². The molecule has 0 fully saturated rings. The van der Waals surface area contributed by atoms with Gasteiger partial charge in [0.1, 0.15) is 11.8 Å². The molecule has 0 aliphatic carbocycles. The van der Waals surface area contributed by atoms with Crippen molar-refractivity contribution in [3.8, 4) is 6.07 Å². The van der Waals surface area contributed by atoms with Crippen molar-refractivity contribution in [2.75, 3.05) is 0 Å². The average molecular weight is 150 g/mol. The smallest absolute Gasteiger partial charge is 0.430 e. The number of hydrogen-bond acceptors (Lipinski definition) is 4. The highest BCUT2D eigenvalue weighted by atomic mass is 16.4. The Kier molecular flexibility index (Phi) is 5.90. The zero-order valence-corrected chi connectivity index (χ0v) is 5.81. The molecule has 0 aliphatic rings. The van der Waals surface area contributed by atoms with Crippen LogP contribution in [0.15, 0.2) is 24.4 Å². The van der Waals surface area contributed by atoms with Crippen molar-refractivity contribution in [2.45, 2.75) is 0 Å². The van der Waals surface area contributed by atoms with Gasteiger partial charge in [-0.2, -0.15) is 5.26 Å². The SMILES string of the molecule is N#Cc1ccccn1.OBO. The summed E-state index contributed by atoms with van der Waals surface area (Å²) in [7, 11) is -0.750. The van der Waals surface area contributed by atoms with Crippen LogP contribution in [-0.4, -0.2) is 22.7 Å². The van der Waals surface area contributed by atoms with Gasteiger partial charge < -0.3 is 10.0 Å². The zero-order chi connectivity index (χ0) is 8.53. The Morgan fingerprint density at radius 2 is 2.09 bits per heavy atom. The van der Waals surface area contributed by atoms with Crippen LogP contribution in [0.1, 0.15) is 5.69 Å². The molecule has 1 heterocycles. The van der Waals surface area contributed by atoms with Crippen LogP contribution in [0.3, 0.4) is 0 Å². The van der Waals surface area contributed by atoms with Gasteiger partial charge in [0.05, 0.1) is 0 Å². The summed E-state index contributed by atoms with van der Waals surface area (Å²) >= 11 is 0. The summed E-state index contributed by atoms with van der Waals surface area (Å²) in [5.74, 6) is 0. The first kappa shape index (κ1) is 9.62. The standard InChI is InChI=1S/C6H4N2.BH3O2/c7-5-6-3-1-2-4-8-6;2-1-3/h1-4H;1-3H.